The van der Waals surface area contributed by atoms with Gasteiger partial charge in [0.05, 0.1) is 4.88 Å². The van der Waals surface area contributed by atoms with Crippen LogP contribution < -0.4 is 15.4 Å². The van der Waals surface area contributed by atoms with E-state index in [0.29, 0.717) is 11.0 Å². The first-order valence-corrected chi connectivity index (χ1v) is 10.0. The van der Waals surface area contributed by atoms with Crippen LogP contribution in [0.3, 0.4) is 0 Å². The first kappa shape index (κ1) is 17.8. The Kier molecular flexibility index (Phi) is 5.51. The van der Waals surface area contributed by atoms with E-state index in [1.54, 1.807) is 0 Å². The number of hydrogen-bond donors (Lipinski definition) is 2. The van der Waals surface area contributed by atoms with Gasteiger partial charge in [-0.25, -0.2) is 0 Å². The minimum absolute atomic E-state index is 0.0803. The molecule has 0 atom stereocenters. The maximum atomic E-state index is 12.4. The number of ether oxygens (including phenoxy) is 1. The number of thiophene rings is 1. The largest absolute Gasteiger partial charge is 0.490 e. The number of piperidine rings is 1. The summed E-state index contributed by atoms with van der Waals surface area (Å²) >= 11 is 1.49. The fraction of sp³-hybridized carbons (Fsp3) is 0.227. The Morgan fingerprint density at radius 3 is 2.44 bits per heavy atom. The van der Waals surface area contributed by atoms with Gasteiger partial charge in [-0.15, -0.1) is 11.3 Å². The molecule has 4 nitrogen and oxygen atoms in total. The molecule has 3 aromatic rings. The molecule has 138 valence electrons. The standard InChI is InChI=1S/C22H22N2O2S/c25-22(24-17-4-2-1-3-5-17)21-11-10-20(27-21)16-6-8-18(9-7-16)26-19-12-14-23-15-13-19/h1-11,19,23H,12-15H2,(H,24,25). The molecule has 1 amide bonds. The van der Waals surface area contributed by atoms with E-state index in [-0.39, 0.29) is 5.91 Å². The quantitative estimate of drug-likeness (QED) is 0.671. The van der Waals surface area contributed by atoms with Crippen molar-refractivity contribution in [2.75, 3.05) is 18.4 Å². The lowest BCUT2D eigenvalue weighted by Crippen LogP contribution is -2.34. The van der Waals surface area contributed by atoms with Gasteiger partial charge in [-0.05, 0) is 80.0 Å². The number of anilines is 1. The highest BCUT2D eigenvalue weighted by Gasteiger charge is 2.15. The van der Waals surface area contributed by atoms with Crippen molar-refractivity contribution >= 4 is 22.9 Å². The van der Waals surface area contributed by atoms with Crippen LogP contribution in [0.4, 0.5) is 5.69 Å². The topological polar surface area (TPSA) is 50.4 Å². The number of carbonyl (C=O) groups excluding carboxylic acids is 1. The van der Waals surface area contributed by atoms with Gasteiger partial charge >= 0.3 is 0 Å². The molecular formula is C22H22N2O2S. The first-order valence-electron chi connectivity index (χ1n) is 9.22. The smallest absolute Gasteiger partial charge is 0.265 e. The van der Waals surface area contributed by atoms with Crippen molar-refractivity contribution in [1.29, 1.82) is 0 Å². The van der Waals surface area contributed by atoms with Crippen molar-refractivity contribution < 1.29 is 9.53 Å². The number of carbonyl (C=O) groups is 1. The maximum Gasteiger partial charge on any atom is 0.265 e. The minimum atomic E-state index is -0.0803. The van der Waals surface area contributed by atoms with Crippen molar-refractivity contribution in [3.05, 3.63) is 71.6 Å². The zero-order valence-electron chi connectivity index (χ0n) is 15.0. The molecule has 0 bridgehead atoms. The molecule has 2 heterocycles. The molecule has 1 fully saturated rings. The predicted molar refractivity (Wildman–Crippen MR) is 111 cm³/mol. The van der Waals surface area contributed by atoms with E-state index in [1.165, 1.54) is 11.3 Å². The second kappa shape index (κ2) is 8.37. The molecule has 0 aliphatic carbocycles. The monoisotopic (exact) mass is 378 g/mol. The van der Waals surface area contributed by atoms with Gasteiger partial charge < -0.3 is 15.4 Å². The van der Waals surface area contributed by atoms with Crippen LogP contribution in [-0.4, -0.2) is 25.1 Å². The van der Waals surface area contributed by atoms with E-state index in [4.69, 9.17) is 4.74 Å². The molecule has 0 spiro atoms. The summed E-state index contributed by atoms with van der Waals surface area (Å²) in [4.78, 5) is 14.2. The molecule has 0 unspecified atom stereocenters. The van der Waals surface area contributed by atoms with Gasteiger partial charge in [-0.1, -0.05) is 18.2 Å². The van der Waals surface area contributed by atoms with Crippen LogP contribution in [0.5, 0.6) is 5.75 Å². The number of benzene rings is 2. The Bertz CT molecular complexity index is 884. The van der Waals surface area contributed by atoms with Gasteiger partial charge in [0.1, 0.15) is 11.9 Å². The molecule has 4 rings (SSSR count). The molecular weight excluding hydrogens is 356 g/mol. The zero-order chi connectivity index (χ0) is 18.5. The third-order valence-electron chi connectivity index (χ3n) is 4.59. The van der Waals surface area contributed by atoms with Crippen LogP contribution in [-0.2, 0) is 0 Å². The molecule has 2 aromatic carbocycles. The Morgan fingerprint density at radius 1 is 0.963 bits per heavy atom. The number of para-hydroxylation sites is 1. The maximum absolute atomic E-state index is 12.4. The molecule has 1 aliphatic heterocycles. The lowest BCUT2D eigenvalue weighted by atomic mass is 10.1. The van der Waals surface area contributed by atoms with E-state index < -0.39 is 0 Å². The number of amides is 1. The van der Waals surface area contributed by atoms with Crippen LogP contribution in [0.2, 0.25) is 0 Å². The number of nitrogens with one attached hydrogen (secondary N) is 2. The molecule has 5 heteroatoms. The highest BCUT2D eigenvalue weighted by atomic mass is 32.1. The molecule has 1 aliphatic rings. The highest BCUT2D eigenvalue weighted by Crippen LogP contribution is 2.30. The van der Waals surface area contributed by atoms with E-state index in [1.807, 2.05) is 54.6 Å². The normalized spacial score (nSPS) is 14.7. The van der Waals surface area contributed by atoms with Gasteiger partial charge in [-0.2, -0.15) is 0 Å². The SMILES string of the molecule is O=C(Nc1ccccc1)c1ccc(-c2ccc(OC3CCNCC3)cc2)s1. The third-order valence-corrected chi connectivity index (χ3v) is 5.72. The average molecular weight is 378 g/mol. The zero-order valence-corrected chi connectivity index (χ0v) is 15.8. The van der Waals surface area contributed by atoms with Crippen LogP contribution in [0.1, 0.15) is 22.5 Å². The summed E-state index contributed by atoms with van der Waals surface area (Å²) < 4.78 is 6.06. The van der Waals surface area contributed by atoms with E-state index in [9.17, 15) is 4.79 Å². The van der Waals surface area contributed by atoms with Gasteiger partial charge in [0.25, 0.3) is 5.91 Å². The van der Waals surface area contributed by atoms with Crippen LogP contribution >= 0.6 is 11.3 Å². The van der Waals surface area contributed by atoms with Crippen LogP contribution in [0.15, 0.2) is 66.7 Å². The highest BCUT2D eigenvalue weighted by molar-refractivity contribution is 7.17. The van der Waals surface area contributed by atoms with E-state index >= 15 is 0 Å². The summed E-state index contributed by atoms with van der Waals surface area (Å²) in [6.45, 7) is 2.04. The number of hydrogen-bond acceptors (Lipinski definition) is 4. The second-order valence-corrected chi connectivity index (χ2v) is 7.66. The Labute approximate surface area is 163 Å². The Morgan fingerprint density at radius 2 is 1.70 bits per heavy atom. The summed E-state index contributed by atoms with van der Waals surface area (Å²) in [6.07, 6.45) is 2.39. The predicted octanol–water partition coefficient (Wildman–Crippen LogP) is 4.80. The number of rotatable bonds is 5. The van der Waals surface area contributed by atoms with E-state index in [2.05, 4.69) is 22.8 Å². The van der Waals surface area contributed by atoms with Crippen molar-refractivity contribution in [3.63, 3.8) is 0 Å². The third kappa shape index (κ3) is 4.56. The second-order valence-electron chi connectivity index (χ2n) is 6.58. The molecule has 1 aromatic heterocycles. The summed E-state index contributed by atoms with van der Waals surface area (Å²) in [5.41, 5.74) is 1.90. The summed E-state index contributed by atoms with van der Waals surface area (Å²) in [6, 6.07) is 21.5. The average Bonchev–Trinajstić information content (AvgIpc) is 3.21. The first-order chi connectivity index (χ1) is 13.3. The van der Waals surface area contributed by atoms with Crippen LogP contribution in [0, 0.1) is 0 Å². The van der Waals surface area contributed by atoms with Gasteiger partial charge in [-0.3, -0.25) is 4.79 Å². The van der Waals surface area contributed by atoms with Crippen LogP contribution in [0.25, 0.3) is 10.4 Å². The summed E-state index contributed by atoms with van der Waals surface area (Å²) in [5.74, 6) is 0.826. The molecule has 0 radical (unpaired) electrons. The van der Waals surface area contributed by atoms with Crippen molar-refractivity contribution in [1.82, 2.24) is 5.32 Å². The minimum Gasteiger partial charge on any atom is -0.490 e. The van der Waals surface area contributed by atoms with Crippen molar-refractivity contribution in [3.8, 4) is 16.2 Å². The Hall–Kier alpha value is -2.63. The lowest BCUT2D eigenvalue weighted by molar-refractivity contribution is 0.103. The summed E-state index contributed by atoms with van der Waals surface area (Å²) in [7, 11) is 0. The lowest BCUT2D eigenvalue weighted by Gasteiger charge is -2.23. The molecule has 2 N–H and O–H groups in total. The molecule has 1 saturated heterocycles. The Balaban J connectivity index is 1.41. The van der Waals surface area contributed by atoms with Crippen molar-refractivity contribution in [2.45, 2.75) is 18.9 Å². The van der Waals surface area contributed by atoms with Gasteiger partial charge in [0, 0.05) is 10.6 Å². The summed E-state index contributed by atoms with van der Waals surface area (Å²) in [5, 5.41) is 6.27. The van der Waals surface area contributed by atoms with Crippen molar-refractivity contribution in [2.24, 2.45) is 0 Å². The molecule has 27 heavy (non-hydrogen) atoms. The van der Waals surface area contributed by atoms with E-state index in [0.717, 1.165) is 47.8 Å². The molecule has 0 saturated carbocycles. The van der Waals surface area contributed by atoms with Gasteiger partial charge in [0.15, 0.2) is 0 Å². The fourth-order valence-electron chi connectivity index (χ4n) is 3.13. The van der Waals surface area contributed by atoms with Gasteiger partial charge in [0.2, 0.25) is 0 Å². The fourth-order valence-corrected chi connectivity index (χ4v) is 4.04.